The molecule has 0 radical (unpaired) electrons. The molecule has 0 aliphatic heterocycles. The molecule has 3 nitrogen and oxygen atoms in total. The molecule has 2 N–H and O–H groups in total. The number of nitrogens with two attached hydrogens (primary N) is 1. The normalized spacial score (nSPS) is 12.2. The van der Waals surface area contributed by atoms with Gasteiger partial charge < -0.3 is 10.1 Å². The van der Waals surface area contributed by atoms with E-state index in [1.165, 1.54) is 23.0 Å². The Morgan fingerprint density at radius 1 is 1.29 bits per heavy atom. The zero-order valence-electron chi connectivity index (χ0n) is 6.92. The van der Waals surface area contributed by atoms with Crippen LogP contribution in [0.3, 0.4) is 0 Å². The van der Waals surface area contributed by atoms with E-state index in [4.69, 9.17) is 5.73 Å². The summed E-state index contributed by atoms with van der Waals surface area (Å²) in [7, 11) is 0. The standard InChI is InChI=1S/C8H6F3N3/c9-8(10,11)5-1-3-14-4-2-13-7(14)6(5)12/h1-4H,12H2. The summed E-state index contributed by atoms with van der Waals surface area (Å²) in [5.74, 6) is 0. The fourth-order valence-corrected chi connectivity index (χ4v) is 1.25. The maximum absolute atomic E-state index is 12.4. The van der Waals surface area contributed by atoms with E-state index in [1.54, 1.807) is 0 Å². The lowest BCUT2D eigenvalue weighted by atomic mass is 10.2. The molecule has 0 unspecified atom stereocenters. The van der Waals surface area contributed by atoms with Crippen molar-refractivity contribution < 1.29 is 13.2 Å². The van der Waals surface area contributed by atoms with Gasteiger partial charge in [-0.15, -0.1) is 0 Å². The first-order valence-corrected chi connectivity index (χ1v) is 3.78. The zero-order valence-corrected chi connectivity index (χ0v) is 6.92. The molecule has 0 saturated carbocycles. The highest BCUT2D eigenvalue weighted by molar-refractivity contribution is 5.69. The minimum absolute atomic E-state index is 0.125. The van der Waals surface area contributed by atoms with Gasteiger partial charge in [-0.05, 0) is 6.07 Å². The van der Waals surface area contributed by atoms with Gasteiger partial charge >= 0.3 is 6.18 Å². The summed E-state index contributed by atoms with van der Waals surface area (Å²) in [6, 6.07) is 0.935. The van der Waals surface area contributed by atoms with Crippen molar-refractivity contribution in [2.24, 2.45) is 0 Å². The number of imidazole rings is 1. The monoisotopic (exact) mass is 201 g/mol. The van der Waals surface area contributed by atoms with Gasteiger partial charge in [0.1, 0.15) is 0 Å². The highest BCUT2D eigenvalue weighted by Gasteiger charge is 2.33. The second-order valence-corrected chi connectivity index (χ2v) is 2.80. The Morgan fingerprint density at radius 2 is 2.00 bits per heavy atom. The van der Waals surface area contributed by atoms with E-state index in [9.17, 15) is 13.2 Å². The Kier molecular flexibility index (Phi) is 1.67. The number of rotatable bonds is 0. The summed E-state index contributed by atoms with van der Waals surface area (Å²) in [5.41, 5.74) is 4.28. The molecule has 2 aromatic heterocycles. The van der Waals surface area contributed by atoms with Crippen molar-refractivity contribution in [3.63, 3.8) is 0 Å². The molecule has 0 aliphatic rings. The highest BCUT2D eigenvalue weighted by Crippen LogP contribution is 2.34. The fourth-order valence-electron chi connectivity index (χ4n) is 1.25. The fraction of sp³-hybridized carbons (Fsp3) is 0.125. The number of nitrogens with zero attached hydrogens (tertiary/aromatic N) is 2. The highest BCUT2D eigenvalue weighted by atomic mass is 19.4. The molecule has 74 valence electrons. The Bertz CT molecular complexity index is 472. The SMILES string of the molecule is Nc1c(C(F)(F)F)ccn2ccnc12. The molecule has 0 bridgehead atoms. The van der Waals surface area contributed by atoms with E-state index in [2.05, 4.69) is 4.98 Å². The van der Waals surface area contributed by atoms with Gasteiger partial charge in [-0.2, -0.15) is 13.2 Å². The predicted octanol–water partition coefficient (Wildman–Crippen LogP) is 1.94. The number of alkyl halides is 3. The zero-order chi connectivity index (χ0) is 10.3. The Morgan fingerprint density at radius 3 is 2.64 bits per heavy atom. The third-order valence-electron chi connectivity index (χ3n) is 1.91. The molecule has 0 aromatic carbocycles. The van der Waals surface area contributed by atoms with Crippen LogP contribution in [0, 0.1) is 0 Å². The second kappa shape index (κ2) is 2.63. The van der Waals surface area contributed by atoms with E-state index in [1.807, 2.05) is 0 Å². The largest absolute Gasteiger partial charge is 0.418 e. The molecule has 0 spiro atoms. The van der Waals surface area contributed by atoms with E-state index < -0.39 is 11.7 Å². The molecular weight excluding hydrogens is 195 g/mol. The van der Waals surface area contributed by atoms with Gasteiger partial charge in [-0.3, -0.25) is 0 Å². The smallest absolute Gasteiger partial charge is 0.395 e. The lowest BCUT2D eigenvalue weighted by Crippen LogP contribution is -2.10. The molecule has 6 heteroatoms. The number of hydrogen-bond acceptors (Lipinski definition) is 2. The quantitative estimate of drug-likeness (QED) is 0.707. The molecule has 2 rings (SSSR count). The lowest BCUT2D eigenvalue weighted by molar-refractivity contribution is -0.136. The average molecular weight is 201 g/mol. The summed E-state index contributed by atoms with van der Waals surface area (Å²) < 4.78 is 38.5. The summed E-state index contributed by atoms with van der Waals surface area (Å²) in [6.45, 7) is 0. The summed E-state index contributed by atoms with van der Waals surface area (Å²) in [6.07, 6.45) is -0.225. The molecule has 2 heterocycles. The maximum atomic E-state index is 12.4. The number of anilines is 1. The number of aromatic nitrogens is 2. The third kappa shape index (κ3) is 1.19. The molecule has 0 atom stereocenters. The minimum atomic E-state index is -4.43. The Balaban J connectivity index is 2.74. The van der Waals surface area contributed by atoms with Crippen LogP contribution in [0.25, 0.3) is 5.65 Å². The molecule has 0 aliphatic carbocycles. The molecule has 14 heavy (non-hydrogen) atoms. The van der Waals surface area contributed by atoms with Gasteiger partial charge in [0.05, 0.1) is 11.3 Å². The third-order valence-corrected chi connectivity index (χ3v) is 1.91. The van der Waals surface area contributed by atoms with Crippen molar-refractivity contribution in [2.45, 2.75) is 6.18 Å². The van der Waals surface area contributed by atoms with Crippen LogP contribution in [-0.2, 0) is 6.18 Å². The van der Waals surface area contributed by atoms with Gasteiger partial charge in [-0.1, -0.05) is 0 Å². The molecule has 0 saturated heterocycles. The van der Waals surface area contributed by atoms with E-state index in [0.29, 0.717) is 0 Å². The number of halogens is 3. The van der Waals surface area contributed by atoms with E-state index in [0.717, 1.165) is 6.07 Å². The van der Waals surface area contributed by atoms with E-state index >= 15 is 0 Å². The Hall–Kier alpha value is -1.72. The van der Waals surface area contributed by atoms with Gasteiger partial charge in [0.2, 0.25) is 0 Å². The van der Waals surface area contributed by atoms with Gasteiger partial charge in [0.25, 0.3) is 0 Å². The first kappa shape index (κ1) is 8.86. The van der Waals surface area contributed by atoms with Crippen molar-refractivity contribution in [1.29, 1.82) is 0 Å². The number of hydrogen-bond donors (Lipinski definition) is 1. The van der Waals surface area contributed by atoms with Gasteiger partial charge in [0.15, 0.2) is 5.65 Å². The number of nitrogen functional groups attached to an aromatic ring is 1. The predicted molar refractivity (Wildman–Crippen MR) is 44.6 cm³/mol. The van der Waals surface area contributed by atoms with Crippen LogP contribution in [-0.4, -0.2) is 9.38 Å². The van der Waals surface area contributed by atoms with Gasteiger partial charge in [-0.25, -0.2) is 4.98 Å². The lowest BCUT2D eigenvalue weighted by Gasteiger charge is -2.09. The molecule has 2 aromatic rings. The first-order chi connectivity index (χ1) is 6.50. The molecule has 0 fully saturated rings. The second-order valence-electron chi connectivity index (χ2n) is 2.80. The van der Waals surface area contributed by atoms with Crippen LogP contribution in [0.2, 0.25) is 0 Å². The summed E-state index contributed by atoms with van der Waals surface area (Å²) in [4.78, 5) is 3.73. The van der Waals surface area contributed by atoms with Crippen molar-refractivity contribution in [1.82, 2.24) is 9.38 Å². The van der Waals surface area contributed by atoms with Crippen LogP contribution < -0.4 is 5.73 Å². The summed E-state index contributed by atoms with van der Waals surface area (Å²) >= 11 is 0. The number of pyridine rings is 1. The number of fused-ring (bicyclic) bond motifs is 1. The van der Waals surface area contributed by atoms with Crippen molar-refractivity contribution in [3.8, 4) is 0 Å². The van der Waals surface area contributed by atoms with E-state index in [-0.39, 0.29) is 11.3 Å². The van der Waals surface area contributed by atoms with Crippen LogP contribution in [0.15, 0.2) is 24.7 Å². The molecular formula is C8H6F3N3. The van der Waals surface area contributed by atoms with Crippen molar-refractivity contribution in [3.05, 3.63) is 30.2 Å². The van der Waals surface area contributed by atoms with Crippen LogP contribution >= 0.6 is 0 Å². The van der Waals surface area contributed by atoms with Crippen molar-refractivity contribution >= 4 is 11.3 Å². The van der Waals surface area contributed by atoms with Crippen molar-refractivity contribution in [2.75, 3.05) is 5.73 Å². The summed E-state index contributed by atoms with van der Waals surface area (Å²) in [5, 5.41) is 0. The first-order valence-electron chi connectivity index (χ1n) is 3.78. The topological polar surface area (TPSA) is 43.3 Å². The van der Waals surface area contributed by atoms with Gasteiger partial charge in [0, 0.05) is 18.6 Å². The van der Waals surface area contributed by atoms with Crippen LogP contribution in [0.1, 0.15) is 5.56 Å². The average Bonchev–Trinajstić information content (AvgIpc) is 2.50. The van der Waals surface area contributed by atoms with Crippen LogP contribution in [0.5, 0.6) is 0 Å². The molecule has 0 amide bonds. The van der Waals surface area contributed by atoms with Crippen LogP contribution in [0.4, 0.5) is 18.9 Å². The maximum Gasteiger partial charge on any atom is 0.418 e. The Labute approximate surface area is 77.0 Å². The minimum Gasteiger partial charge on any atom is -0.395 e.